The van der Waals surface area contributed by atoms with Gasteiger partial charge in [0.15, 0.2) is 5.65 Å². The second-order valence-electron chi connectivity index (χ2n) is 6.68. The van der Waals surface area contributed by atoms with Crippen molar-refractivity contribution in [3.63, 3.8) is 0 Å². The molecule has 0 aromatic carbocycles. The first-order chi connectivity index (χ1) is 14.6. The molecule has 0 aliphatic heterocycles. The van der Waals surface area contributed by atoms with Crippen LogP contribution in [0.1, 0.15) is 34.4 Å². The second kappa shape index (κ2) is 8.20. The van der Waals surface area contributed by atoms with Crippen molar-refractivity contribution in [2.75, 3.05) is 6.61 Å². The molecular weight excluding hydrogens is 382 g/mol. The van der Waals surface area contributed by atoms with Gasteiger partial charge in [0, 0.05) is 35.8 Å². The highest BCUT2D eigenvalue weighted by Crippen LogP contribution is 2.20. The van der Waals surface area contributed by atoms with E-state index in [2.05, 4.69) is 25.1 Å². The van der Waals surface area contributed by atoms with E-state index in [0.29, 0.717) is 17.5 Å². The number of carbonyl (C=O) groups excluding carboxylic acids is 1. The minimum Gasteiger partial charge on any atom is -0.461 e. The van der Waals surface area contributed by atoms with Crippen molar-refractivity contribution in [2.45, 2.75) is 20.3 Å². The molecule has 0 aliphatic carbocycles. The fourth-order valence-corrected chi connectivity index (χ4v) is 3.14. The third-order valence-corrected chi connectivity index (χ3v) is 4.68. The van der Waals surface area contributed by atoms with Crippen molar-refractivity contribution < 1.29 is 9.53 Å². The maximum atomic E-state index is 12.5. The van der Waals surface area contributed by atoms with Crippen molar-refractivity contribution in [1.82, 2.24) is 25.1 Å². The van der Waals surface area contributed by atoms with Crippen LogP contribution in [0, 0.1) is 6.92 Å². The molecule has 8 nitrogen and oxygen atoms in total. The summed E-state index contributed by atoms with van der Waals surface area (Å²) in [7, 11) is 0. The highest BCUT2D eigenvalue weighted by atomic mass is 16.5. The number of aryl methyl sites for hydroxylation is 1. The Kier molecular flexibility index (Phi) is 5.30. The van der Waals surface area contributed by atoms with Crippen LogP contribution in [0.15, 0.2) is 53.6 Å². The minimum absolute atomic E-state index is 0.169. The number of hydrogen-bond donors (Lipinski definition) is 1. The first-order valence-corrected chi connectivity index (χ1v) is 9.49. The first-order valence-electron chi connectivity index (χ1n) is 9.49. The number of aromatic nitrogens is 5. The van der Waals surface area contributed by atoms with Crippen LogP contribution in [-0.4, -0.2) is 37.7 Å². The summed E-state index contributed by atoms with van der Waals surface area (Å²) in [5.41, 5.74) is 4.03. The highest BCUT2D eigenvalue weighted by Gasteiger charge is 2.17. The van der Waals surface area contributed by atoms with E-state index in [1.807, 2.05) is 31.2 Å². The lowest BCUT2D eigenvalue weighted by molar-refractivity contribution is 0.0517. The molecule has 0 saturated heterocycles. The summed E-state index contributed by atoms with van der Waals surface area (Å²) >= 11 is 0. The number of carbonyl (C=O) groups is 1. The van der Waals surface area contributed by atoms with Crippen LogP contribution in [0.4, 0.5) is 0 Å². The van der Waals surface area contributed by atoms with Gasteiger partial charge in [-0.15, -0.1) is 0 Å². The van der Waals surface area contributed by atoms with Gasteiger partial charge in [0.1, 0.15) is 0 Å². The molecule has 0 saturated carbocycles. The molecular formula is C22H19N5O3. The van der Waals surface area contributed by atoms with Crippen molar-refractivity contribution in [1.29, 1.82) is 0 Å². The Morgan fingerprint density at radius 2 is 2.00 bits per heavy atom. The molecule has 8 heteroatoms. The maximum Gasteiger partial charge on any atom is 0.362 e. The molecule has 0 atom stereocenters. The number of esters is 1. The number of H-pyrrole nitrogens is 1. The maximum absolute atomic E-state index is 12.5. The van der Waals surface area contributed by atoms with Gasteiger partial charge >= 0.3 is 5.97 Å². The van der Waals surface area contributed by atoms with Crippen molar-refractivity contribution in [3.05, 3.63) is 81.7 Å². The summed E-state index contributed by atoms with van der Waals surface area (Å²) in [4.78, 5) is 37.6. The molecule has 0 amide bonds. The molecule has 1 N–H and O–H groups in total. The Labute approximate surface area is 172 Å². The van der Waals surface area contributed by atoms with Crippen LogP contribution in [0.25, 0.3) is 22.3 Å². The quantitative estimate of drug-likeness (QED) is 0.512. The van der Waals surface area contributed by atoms with Crippen molar-refractivity contribution in [3.8, 4) is 11.3 Å². The Hall–Kier alpha value is -3.94. The Morgan fingerprint density at radius 1 is 1.13 bits per heavy atom. The SMILES string of the molecule is CCOC(=O)c1n[nH]c2nc(Cc3ccc(-c4cccnc4)nc3C)ccc2c1=O. The predicted molar refractivity (Wildman–Crippen MR) is 111 cm³/mol. The molecule has 0 fully saturated rings. The summed E-state index contributed by atoms with van der Waals surface area (Å²) in [6.07, 6.45) is 4.05. The Balaban J connectivity index is 1.62. The Morgan fingerprint density at radius 3 is 2.73 bits per heavy atom. The third kappa shape index (κ3) is 3.80. The highest BCUT2D eigenvalue weighted by molar-refractivity contribution is 5.90. The van der Waals surface area contributed by atoms with Crippen LogP contribution in [0.5, 0.6) is 0 Å². The second-order valence-corrected chi connectivity index (χ2v) is 6.68. The van der Waals surface area contributed by atoms with E-state index in [1.165, 1.54) is 0 Å². The average Bonchev–Trinajstić information content (AvgIpc) is 2.76. The third-order valence-electron chi connectivity index (χ3n) is 4.68. The van der Waals surface area contributed by atoms with E-state index >= 15 is 0 Å². The van der Waals surface area contributed by atoms with Crippen LogP contribution in [0.2, 0.25) is 0 Å². The normalized spacial score (nSPS) is 10.9. The van der Waals surface area contributed by atoms with Gasteiger partial charge in [0.2, 0.25) is 11.1 Å². The van der Waals surface area contributed by atoms with Gasteiger partial charge < -0.3 is 4.74 Å². The van der Waals surface area contributed by atoms with E-state index < -0.39 is 11.4 Å². The zero-order chi connectivity index (χ0) is 21.1. The number of rotatable bonds is 5. The number of nitrogens with one attached hydrogen (secondary N) is 1. The van der Waals surface area contributed by atoms with Gasteiger partial charge in [-0.05, 0) is 49.7 Å². The van der Waals surface area contributed by atoms with Crippen molar-refractivity contribution in [2.24, 2.45) is 0 Å². The van der Waals surface area contributed by atoms with Gasteiger partial charge in [-0.25, -0.2) is 9.78 Å². The first kappa shape index (κ1) is 19.4. The molecule has 4 aromatic heterocycles. The standard InChI is InChI=1S/C22H19N5O3/c1-3-30-22(29)19-20(28)17-8-7-16(25-21(17)27-26-19)11-14-6-9-18(24-13(14)2)15-5-4-10-23-12-15/h4-10,12H,3,11H2,1-2H3,(H,25,27,28). The molecule has 0 unspecified atom stereocenters. The number of pyridine rings is 3. The molecule has 150 valence electrons. The molecule has 4 rings (SSSR count). The fourth-order valence-electron chi connectivity index (χ4n) is 3.14. The van der Waals surface area contributed by atoms with E-state index in [4.69, 9.17) is 4.74 Å². The Bertz CT molecular complexity index is 1290. The molecule has 0 radical (unpaired) electrons. The van der Waals surface area contributed by atoms with Crippen LogP contribution in [-0.2, 0) is 11.2 Å². The summed E-state index contributed by atoms with van der Waals surface area (Å²) in [6, 6.07) is 11.2. The zero-order valence-corrected chi connectivity index (χ0v) is 16.5. The average molecular weight is 401 g/mol. The van der Waals surface area contributed by atoms with Gasteiger partial charge in [0.25, 0.3) is 0 Å². The van der Waals surface area contributed by atoms with E-state index in [9.17, 15) is 9.59 Å². The van der Waals surface area contributed by atoms with E-state index in [0.717, 1.165) is 28.2 Å². The lowest BCUT2D eigenvalue weighted by atomic mass is 10.1. The molecule has 0 aliphatic rings. The van der Waals surface area contributed by atoms with Gasteiger partial charge in [-0.2, -0.15) is 5.10 Å². The van der Waals surface area contributed by atoms with Gasteiger partial charge in [-0.1, -0.05) is 6.07 Å². The monoisotopic (exact) mass is 401 g/mol. The fraction of sp³-hybridized carbons (Fsp3) is 0.182. The molecule has 30 heavy (non-hydrogen) atoms. The number of aromatic amines is 1. The zero-order valence-electron chi connectivity index (χ0n) is 16.5. The smallest absolute Gasteiger partial charge is 0.362 e. The molecule has 0 spiro atoms. The molecule has 0 bridgehead atoms. The van der Waals surface area contributed by atoms with E-state index in [1.54, 1.807) is 31.5 Å². The minimum atomic E-state index is -0.750. The summed E-state index contributed by atoms with van der Waals surface area (Å²) in [5.74, 6) is -0.750. The van der Waals surface area contributed by atoms with Crippen molar-refractivity contribution >= 4 is 17.0 Å². The lowest BCUT2D eigenvalue weighted by Crippen LogP contribution is -2.21. The number of nitrogens with zero attached hydrogens (tertiary/aromatic N) is 4. The molecule has 4 aromatic rings. The predicted octanol–water partition coefficient (Wildman–Crippen LogP) is 2.85. The topological polar surface area (TPSA) is 111 Å². The molecule has 4 heterocycles. The summed E-state index contributed by atoms with van der Waals surface area (Å²) in [6.45, 7) is 3.79. The number of fused-ring (bicyclic) bond motifs is 1. The van der Waals surface area contributed by atoms with Gasteiger partial charge in [0.05, 0.1) is 17.7 Å². The number of hydrogen-bond acceptors (Lipinski definition) is 7. The van der Waals surface area contributed by atoms with E-state index in [-0.39, 0.29) is 12.3 Å². The van der Waals surface area contributed by atoms with Crippen LogP contribution < -0.4 is 5.43 Å². The van der Waals surface area contributed by atoms with Gasteiger partial charge in [-0.3, -0.25) is 19.9 Å². The van der Waals surface area contributed by atoms with Crippen LogP contribution in [0.3, 0.4) is 0 Å². The number of ether oxygens (including phenoxy) is 1. The summed E-state index contributed by atoms with van der Waals surface area (Å²) < 4.78 is 4.86. The largest absolute Gasteiger partial charge is 0.461 e. The lowest BCUT2D eigenvalue weighted by Gasteiger charge is -2.08. The van der Waals surface area contributed by atoms with Crippen LogP contribution >= 0.6 is 0 Å². The summed E-state index contributed by atoms with van der Waals surface area (Å²) in [5, 5.41) is 6.82.